The first kappa shape index (κ1) is 13.5. The molecule has 3 heteroatoms. The van der Waals surface area contributed by atoms with Gasteiger partial charge in [0.25, 0.3) is 0 Å². The van der Waals surface area contributed by atoms with E-state index in [2.05, 4.69) is 27.4 Å². The summed E-state index contributed by atoms with van der Waals surface area (Å²) in [4.78, 5) is 0. The molecule has 1 aromatic heterocycles. The average Bonchev–Trinajstić information content (AvgIpc) is 2.83. The van der Waals surface area contributed by atoms with Gasteiger partial charge in [0.05, 0.1) is 0 Å². The van der Waals surface area contributed by atoms with Gasteiger partial charge in [-0.05, 0) is 24.2 Å². The van der Waals surface area contributed by atoms with Crippen molar-refractivity contribution in [2.24, 2.45) is 11.3 Å². The molecule has 0 aliphatic carbocycles. The quantitative estimate of drug-likeness (QED) is 0.730. The van der Waals surface area contributed by atoms with E-state index in [0.717, 1.165) is 24.3 Å². The van der Waals surface area contributed by atoms with Crippen LogP contribution in [0.2, 0.25) is 0 Å². The van der Waals surface area contributed by atoms with Gasteiger partial charge in [-0.1, -0.05) is 26.8 Å². The number of fused-ring (bicyclic) bond motifs is 1. The van der Waals surface area contributed by atoms with Gasteiger partial charge in [-0.15, -0.1) is 17.9 Å². The van der Waals surface area contributed by atoms with Crippen LogP contribution in [-0.4, -0.2) is 12.7 Å². The molecule has 0 saturated carbocycles. The second kappa shape index (κ2) is 5.35. The maximum atomic E-state index is 6.07. The molecule has 100 valence electrons. The molecule has 1 aliphatic rings. The summed E-state index contributed by atoms with van der Waals surface area (Å²) < 4.78 is 11.8. The summed E-state index contributed by atoms with van der Waals surface area (Å²) in [5.74, 6) is 2.31. The van der Waals surface area contributed by atoms with Crippen LogP contribution in [0.5, 0.6) is 11.5 Å². The van der Waals surface area contributed by atoms with E-state index in [-0.39, 0.29) is 11.5 Å². The van der Waals surface area contributed by atoms with E-state index in [1.54, 1.807) is 11.3 Å². The number of rotatable bonds is 5. The highest BCUT2D eigenvalue weighted by Crippen LogP contribution is 2.39. The van der Waals surface area contributed by atoms with E-state index in [1.807, 2.05) is 16.8 Å². The van der Waals surface area contributed by atoms with Crippen LogP contribution in [0.1, 0.15) is 33.6 Å². The summed E-state index contributed by atoms with van der Waals surface area (Å²) in [6.07, 6.45) is 4.39. The Morgan fingerprint density at radius 2 is 2.22 bits per heavy atom. The molecule has 2 nitrogen and oxygen atoms in total. The molecule has 0 spiro atoms. The van der Waals surface area contributed by atoms with Crippen LogP contribution in [0.3, 0.4) is 0 Å². The number of hydrogen-bond acceptors (Lipinski definition) is 3. The number of hydrogen-bond donors (Lipinski definition) is 0. The van der Waals surface area contributed by atoms with Crippen LogP contribution in [0.15, 0.2) is 23.4 Å². The molecule has 0 amide bonds. The molecule has 2 atom stereocenters. The largest absolute Gasteiger partial charge is 0.485 e. The highest BCUT2D eigenvalue weighted by atomic mass is 32.1. The molecule has 0 saturated heterocycles. The Balaban J connectivity index is 2.04. The van der Waals surface area contributed by atoms with Crippen LogP contribution in [0.25, 0.3) is 0 Å². The van der Waals surface area contributed by atoms with Gasteiger partial charge in [-0.2, -0.15) is 0 Å². The van der Waals surface area contributed by atoms with Crippen molar-refractivity contribution in [1.29, 1.82) is 0 Å². The normalized spacial score (nSPS) is 20.5. The Bertz CT molecular complexity index is 408. The molecule has 0 fully saturated rings. The fourth-order valence-electron chi connectivity index (χ4n) is 2.36. The van der Waals surface area contributed by atoms with Gasteiger partial charge < -0.3 is 9.47 Å². The molecule has 0 aromatic carbocycles. The highest BCUT2D eigenvalue weighted by Gasteiger charge is 2.31. The van der Waals surface area contributed by atoms with Gasteiger partial charge in [0.2, 0.25) is 0 Å². The Hall–Kier alpha value is -0.960. The van der Waals surface area contributed by atoms with E-state index in [9.17, 15) is 0 Å². The van der Waals surface area contributed by atoms with Gasteiger partial charge in [0.1, 0.15) is 12.7 Å². The number of thiophene rings is 1. The lowest BCUT2D eigenvalue weighted by atomic mass is 9.79. The molecule has 1 aromatic rings. The fourth-order valence-corrected chi connectivity index (χ4v) is 3.04. The topological polar surface area (TPSA) is 18.5 Å². The van der Waals surface area contributed by atoms with Crippen molar-refractivity contribution in [2.45, 2.75) is 39.7 Å². The van der Waals surface area contributed by atoms with Crippen molar-refractivity contribution >= 4 is 11.3 Å². The SMILES string of the molecule is C=CC(C)(C)CC(CC)C1COc2cscc2O1. The summed E-state index contributed by atoms with van der Waals surface area (Å²) in [6.45, 7) is 11.3. The molecule has 2 heterocycles. The summed E-state index contributed by atoms with van der Waals surface area (Å²) in [6, 6.07) is 0. The number of allylic oxidation sites excluding steroid dienone is 1. The molecule has 0 N–H and O–H groups in total. The lowest BCUT2D eigenvalue weighted by Gasteiger charge is -2.34. The maximum Gasteiger partial charge on any atom is 0.172 e. The summed E-state index contributed by atoms with van der Waals surface area (Å²) in [7, 11) is 0. The zero-order chi connectivity index (χ0) is 13.2. The van der Waals surface area contributed by atoms with Crippen molar-refractivity contribution < 1.29 is 9.47 Å². The van der Waals surface area contributed by atoms with Crippen LogP contribution >= 0.6 is 11.3 Å². The molecule has 18 heavy (non-hydrogen) atoms. The zero-order valence-electron chi connectivity index (χ0n) is 11.4. The minimum absolute atomic E-state index is 0.152. The van der Waals surface area contributed by atoms with Crippen molar-refractivity contribution in [3.63, 3.8) is 0 Å². The lowest BCUT2D eigenvalue weighted by Crippen LogP contribution is -2.37. The first-order valence-electron chi connectivity index (χ1n) is 6.55. The Morgan fingerprint density at radius 1 is 1.50 bits per heavy atom. The van der Waals surface area contributed by atoms with Crippen molar-refractivity contribution in [3.05, 3.63) is 23.4 Å². The van der Waals surface area contributed by atoms with Gasteiger partial charge in [-0.25, -0.2) is 0 Å². The van der Waals surface area contributed by atoms with E-state index < -0.39 is 0 Å². The van der Waals surface area contributed by atoms with Gasteiger partial charge in [0, 0.05) is 10.8 Å². The minimum atomic E-state index is 0.152. The first-order valence-corrected chi connectivity index (χ1v) is 7.49. The number of ether oxygens (including phenoxy) is 2. The third kappa shape index (κ3) is 2.89. The van der Waals surface area contributed by atoms with E-state index in [1.165, 1.54) is 0 Å². The lowest BCUT2D eigenvalue weighted by molar-refractivity contribution is 0.0347. The molecular formula is C15H22O2S. The van der Waals surface area contributed by atoms with Crippen LogP contribution in [0.4, 0.5) is 0 Å². The molecular weight excluding hydrogens is 244 g/mol. The average molecular weight is 266 g/mol. The van der Waals surface area contributed by atoms with Crippen LogP contribution < -0.4 is 9.47 Å². The zero-order valence-corrected chi connectivity index (χ0v) is 12.3. The summed E-state index contributed by atoms with van der Waals surface area (Å²) in [5.41, 5.74) is 0.152. The Morgan fingerprint density at radius 3 is 2.89 bits per heavy atom. The van der Waals surface area contributed by atoms with Gasteiger partial charge >= 0.3 is 0 Å². The van der Waals surface area contributed by atoms with Crippen molar-refractivity contribution in [3.8, 4) is 11.5 Å². The highest BCUT2D eigenvalue weighted by molar-refractivity contribution is 7.08. The predicted molar refractivity (Wildman–Crippen MR) is 76.6 cm³/mol. The molecule has 0 bridgehead atoms. The second-order valence-electron chi connectivity index (χ2n) is 5.63. The first-order chi connectivity index (χ1) is 8.55. The molecule has 1 aliphatic heterocycles. The van der Waals surface area contributed by atoms with Gasteiger partial charge in [-0.3, -0.25) is 0 Å². The third-order valence-corrected chi connectivity index (χ3v) is 4.37. The smallest absolute Gasteiger partial charge is 0.172 e. The summed E-state index contributed by atoms with van der Waals surface area (Å²) in [5, 5.41) is 4.02. The Kier molecular flexibility index (Phi) is 4.00. The van der Waals surface area contributed by atoms with Gasteiger partial charge in [0.15, 0.2) is 11.5 Å². The third-order valence-electron chi connectivity index (χ3n) is 3.67. The predicted octanol–water partition coefficient (Wildman–Crippen LogP) is 4.52. The van der Waals surface area contributed by atoms with Crippen LogP contribution in [0, 0.1) is 11.3 Å². The van der Waals surface area contributed by atoms with E-state index in [0.29, 0.717) is 12.5 Å². The van der Waals surface area contributed by atoms with E-state index >= 15 is 0 Å². The fraction of sp³-hybridized carbons (Fsp3) is 0.600. The minimum Gasteiger partial charge on any atom is -0.485 e. The molecule has 0 radical (unpaired) electrons. The standard InChI is InChI=1S/C15H22O2S/c1-5-11(7-15(3,4)6-2)12-8-16-13-9-18-10-14(13)17-12/h6,9-12H,2,5,7-8H2,1,3-4H3. The molecule has 2 rings (SSSR count). The molecule has 2 unspecified atom stereocenters. The maximum absolute atomic E-state index is 6.07. The van der Waals surface area contributed by atoms with E-state index in [4.69, 9.17) is 9.47 Å². The second-order valence-corrected chi connectivity index (χ2v) is 6.38. The van der Waals surface area contributed by atoms with Crippen LogP contribution in [-0.2, 0) is 0 Å². The Labute approximate surface area is 114 Å². The van der Waals surface area contributed by atoms with Crippen molar-refractivity contribution in [2.75, 3.05) is 6.61 Å². The summed E-state index contributed by atoms with van der Waals surface area (Å²) >= 11 is 1.63. The monoisotopic (exact) mass is 266 g/mol. The van der Waals surface area contributed by atoms with Crippen molar-refractivity contribution in [1.82, 2.24) is 0 Å².